The number of urea groups is 1. The molecule has 0 unspecified atom stereocenters. The van der Waals surface area contributed by atoms with Crippen molar-refractivity contribution in [3.63, 3.8) is 0 Å². The highest BCUT2D eigenvalue weighted by atomic mass is 16.2. The Kier molecular flexibility index (Phi) is 6.31. The Bertz CT molecular complexity index is 570. The van der Waals surface area contributed by atoms with Gasteiger partial charge in [-0.1, -0.05) is 49.6 Å². The number of amides is 3. The second-order valence-corrected chi connectivity index (χ2v) is 7.27. The number of nitrogens with zero attached hydrogens (tertiary/aromatic N) is 1. The first kappa shape index (κ1) is 17.8. The van der Waals surface area contributed by atoms with E-state index in [1.165, 1.54) is 19.3 Å². The molecule has 136 valence electrons. The molecule has 2 aliphatic rings. The van der Waals surface area contributed by atoms with E-state index in [9.17, 15) is 9.59 Å². The Hall–Kier alpha value is -2.04. The van der Waals surface area contributed by atoms with Gasteiger partial charge in [-0.3, -0.25) is 4.79 Å². The van der Waals surface area contributed by atoms with Gasteiger partial charge in [0.2, 0.25) is 5.91 Å². The standard InChI is InChI=1S/C20H29N3O2/c24-19(21-14-16-8-3-1-4-9-16)17-10-7-13-23(15-17)20(25)22-18-11-5-2-6-12-18/h1,3-4,8-9,17-18H,2,5-7,10-15H2,(H,21,24)(H,22,25)/t17-/m1/s1. The quantitative estimate of drug-likeness (QED) is 0.883. The minimum absolute atomic E-state index is 0.00691. The van der Waals surface area contributed by atoms with E-state index in [0.29, 0.717) is 19.1 Å². The number of rotatable bonds is 4. The number of hydrogen-bond acceptors (Lipinski definition) is 2. The molecule has 1 heterocycles. The Labute approximate surface area is 150 Å². The molecule has 2 fully saturated rings. The summed E-state index contributed by atoms with van der Waals surface area (Å²) in [5, 5.41) is 6.17. The van der Waals surface area contributed by atoms with Crippen molar-refractivity contribution < 1.29 is 9.59 Å². The lowest BCUT2D eigenvalue weighted by atomic mass is 9.95. The van der Waals surface area contributed by atoms with Crippen molar-refractivity contribution in [2.24, 2.45) is 5.92 Å². The summed E-state index contributed by atoms with van der Waals surface area (Å²) in [4.78, 5) is 26.8. The highest BCUT2D eigenvalue weighted by Gasteiger charge is 2.29. The number of benzene rings is 1. The summed E-state index contributed by atoms with van der Waals surface area (Å²) in [5.74, 6) is -0.0476. The van der Waals surface area contributed by atoms with Gasteiger partial charge in [0, 0.05) is 25.7 Å². The molecule has 0 radical (unpaired) electrons. The fourth-order valence-corrected chi connectivity index (χ4v) is 3.82. The predicted molar refractivity (Wildman–Crippen MR) is 98.0 cm³/mol. The lowest BCUT2D eigenvalue weighted by molar-refractivity contribution is -0.126. The summed E-state index contributed by atoms with van der Waals surface area (Å²) in [6, 6.07) is 10.2. The molecule has 25 heavy (non-hydrogen) atoms. The molecule has 3 rings (SSSR count). The molecule has 0 aromatic heterocycles. The molecule has 1 saturated carbocycles. The van der Waals surface area contributed by atoms with Crippen molar-refractivity contribution in [1.29, 1.82) is 0 Å². The van der Waals surface area contributed by atoms with Gasteiger partial charge in [0.25, 0.3) is 0 Å². The van der Waals surface area contributed by atoms with Crippen LogP contribution in [-0.4, -0.2) is 36.0 Å². The molecule has 0 spiro atoms. The van der Waals surface area contributed by atoms with E-state index in [0.717, 1.165) is 37.8 Å². The molecule has 1 aromatic rings. The van der Waals surface area contributed by atoms with Crippen LogP contribution in [0.5, 0.6) is 0 Å². The molecular weight excluding hydrogens is 314 g/mol. The molecule has 1 saturated heterocycles. The van der Waals surface area contributed by atoms with E-state index in [1.54, 1.807) is 0 Å². The SMILES string of the molecule is O=C(NCc1ccccc1)[C@@H]1CCCN(C(=O)NC2CCCCC2)C1. The fourth-order valence-electron chi connectivity index (χ4n) is 3.82. The van der Waals surface area contributed by atoms with E-state index in [4.69, 9.17) is 0 Å². The van der Waals surface area contributed by atoms with Gasteiger partial charge in [-0.2, -0.15) is 0 Å². The van der Waals surface area contributed by atoms with Gasteiger partial charge < -0.3 is 15.5 Å². The Balaban J connectivity index is 1.46. The van der Waals surface area contributed by atoms with Gasteiger partial charge in [0.1, 0.15) is 0 Å². The molecule has 1 atom stereocenters. The topological polar surface area (TPSA) is 61.4 Å². The number of carbonyl (C=O) groups excluding carboxylic acids is 2. The number of hydrogen-bond donors (Lipinski definition) is 2. The van der Waals surface area contributed by atoms with E-state index in [1.807, 2.05) is 35.2 Å². The molecule has 5 heteroatoms. The third-order valence-electron chi connectivity index (χ3n) is 5.32. The summed E-state index contributed by atoms with van der Waals surface area (Å²) < 4.78 is 0. The average Bonchev–Trinajstić information content (AvgIpc) is 2.68. The lowest BCUT2D eigenvalue weighted by Crippen LogP contribution is -2.51. The van der Waals surface area contributed by atoms with E-state index >= 15 is 0 Å². The Morgan fingerprint density at radius 3 is 2.52 bits per heavy atom. The summed E-state index contributed by atoms with van der Waals surface area (Å²) in [7, 11) is 0. The second-order valence-electron chi connectivity index (χ2n) is 7.27. The number of nitrogens with one attached hydrogen (secondary N) is 2. The van der Waals surface area contributed by atoms with E-state index in [-0.39, 0.29) is 17.9 Å². The zero-order valence-corrected chi connectivity index (χ0v) is 14.9. The summed E-state index contributed by atoms with van der Waals surface area (Å²) >= 11 is 0. The maximum absolute atomic E-state index is 12.5. The third kappa shape index (κ3) is 5.21. The maximum atomic E-state index is 12.5. The number of likely N-dealkylation sites (tertiary alicyclic amines) is 1. The minimum atomic E-state index is -0.102. The first-order chi connectivity index (χ1) is 12.2. The molecule has 5 nitrogen and oxygen atoms in total. The average molecular weight is 343 g/mol. The van der Waals surface area contributed by atoms with Crippen LogP contribution in [-0.2, 0) is 11.3 Å². The van der Waals surface area contributed by atoms with E-state index < -0.39 is 0 Å². The monoisotopic (exact) mass is 343 g/mol. The molecule has 1 aliphatic carbocycles. The van der Waals surface area contributed by atoms with Crippen LogP contribution < -0.4 is 10.6 Å². The summed E-state index contributed by atoms with van der Waals surface area (Å²) in [6.07, 6.45) is 7.60. The molecule has 1 aliphatic heterocycles. The van der Waals surface area contributed by atoms with Crippen LogP contribution in [0.3, 0.4) is 0 Å². The van der Waals surface area contributed by atoms with E-state index in [2.05, 4.69) is 10.6 Å². The molecule has 0 bridgehead atoms. The van der Waals surface area contributed by atoms with Crippen LogP contribution in [0.4, 0.5) is 4.79 Å². The van der Waals surface area contributed by atoms with Crippen LogP contribution in [0.25, 0.3) is 0 Å². The Morgan fingerprint density at radius 2 is 1.76 bits per heavy atom. The van der Waals surface area contributed by atoms with Crippen LogP contribution in [0.15, 0.2) is 30.3 Å². The van der Waals surface area contributed by atoms with Crippen LogP contribution in [0.2, 0.25) is 0 Å². The van der Waals surface area contributed by atoms with Crippen molar-refractivity contribution in [3.8, 4) is 0 Å². The Morgan fingerprint density at radius 1 is 1.00 bits per heavy atom. The van der Waals surface area contributed by atoms with Gasteiger partial charge in [-0.05, 0) is 31.2 Å². The first-order valence-electron chi connectivity index (χ1n) is 9.59. The van der Waals surface area contributed by atoms with Gasteiger partial charge in [-0.25, -0.2) is 4.79 Å². The third-order valence-corrected chi connectivity index (χ3v) is 5.32. The zero-order valence-electron chi connectivity index (χ0n) is 14.9. The highest BCUT2D eigenvalue weighted by molar-refractivity contribution is 5.81. The summed E-state index contributed by atoms with van der Waals surface area (Å²) in [5.41, 5.74) is 1.10. The molecule has 1 aromatic carbocycles. The second kappa shape index (κ2) is 8.88. The smallest absolute Gasteiger partial charge is 0.317 e. The van der Waals surface area contributed by atoms with Crippen molar-refractivity contribution in [3.05, 3.63) is 35.9 Å². The first-order valence-corrected chi connectivity index (χ1v) is 9.59. The van der Waals surface area contributed by atoms with Crippen molar-refractivity contribution in [2.45, 2.75) is 57.5 Å². The van der Waals surface area contributed by atoms with Gasteiger partial charge in [0.15, 0.2) is 0 Å². The number of carbonyl (C=O) groups is 2. The van der Waals surface area contributed by atoms with Gasteiger partial charge >= 0.3 is 6.03 Å². The highest BCUT2D eigenvalue weighted by Crippen LogP contribution is 2.20. The van der Waals surface area contributed by atoms with Crippen molar-refractivity contribution in [1.82, 2.24) is 15.5 Å². The zero-order chi connectivity index (χ0) is 17.5. The minimum Gasteiger partial charge on any atom is -0.352 e. The van der Waals surface area contributed by atoms with Crippen molar-refractivity contribution in [2.75, 3.05) is 13.1 Å². The largest absolute Gasteiger partial charge is 0.352 e. The lowest BCUT2D eigenvalue weighted by Gasteiger charge is -2.34. The van der Waals surface area contributed by atoms with Crippen LogP contribution in [0.1, 0.15) is 50.5 Å². The maximum Gasteiger partial charge on any atom is 0.317 e. The molecule has 3 amide bonds. The fraction of sp³-hybridized carbons (Fsp3) is 0.600. The number of piperidine rings is 1. The summed E-state index contributed by atoms with van der Waals surface area (Å²) in [6.45, 7) is 1.82. The van der Waals surface area contributed by atoms with Crippen molar-refractivity contribution >= 4 is 11.9 Å². The normalized spacial score (nSPS) is 21.6. The predicted octanol–water partition coefficient (Wildman–Crippen LogP) is 3.06. The van der Waals surface area contributed by atoms with Gasteiger partial charge in [-0.15, -0.1) is 0 Å². The molecule has 2 N–H and O–H groups in total. The molecular formula is C20H29N3O2. The van der Waals surface area contributed by atoms with Crippen LogP contribution in [0, 0.1) is 5.92 Å². The van der Waals surface area contributed by atoms with Crippen LogP contribution >= 0.6 is 0 Å². The van der Waals surface area contributed by atoms with Gasteiger partial charge in [0.05, 0.1) is 5.92 Å².